The Hall–Kier alpha value is -3.00. The maximum absolute atomic E-state index is 14.6. The molecule has 0 N–H and O–H groups in total. The van der Waals surface area contributed by atoms with Crippen molar-refractivity contribution >= 4 is 11.9 Å². The van der Waals surface area contributed by atoms with E-state index in [4.69, 9.17) is 23.7 Å². The van der Waals surface area contributed by atoms with Crippen molar-refractivity contribution in [3.05, 3.63) is 43.0 Å². The largest absolute Gasteiger partial charge is 0.493 e. The van der Waals surface area contributed by atoms with Crippen LogP contribution < -0.4 is 14.2 Å². The third-order valence-corrected chi connectivity index (χ3v) is 8.92. The van der Waals surface area contributed by atoms with Crippen molar-refractivity contribution in [3.63, 3.8) is 0 Å². The van der Waals surface area contributed by atoms with Gasteiger partial charge in [0.05, 0.1) is 39.5 Å². The van der Waals surface area contributed by atoms with Crippen molar-refractivity contribution in [1.29, 1.82) is 0 Å². The van der Waals surface area contributed by atoms with Crippen LogP contribution in [0.2, 0.25) is 0 Å². The molecule has 1 heterocycles. The van der Waals surface area contributed by atoms with E-state index in [1.165, 1.54) is 6.42 Å². The number of rotatable bonds is 16. The molecule has 1 aromatic carbocycles. The summed E-state index contributed by atoms with van der Waals surface area (Å²) >= 11 is 0. The van der Waals surface area contributed by atoms with Gasteiger partial charge >= 0.3 is 5.97 Å². The van der Waals surface area contributed by atoms with Crippen molar-refractivity contribution in [2.24, 2.45) is 11.8 Å². The molecule has 1 saturated heterocycles. The van der Waals surface area contributed by atoms with E-state index in [1.54, 1.807) is 31.3 Å². The van der Waals surface area contributed by atoms with Crippen molar-refractivity contribution in [2.45, 2.75) is 103 Å². The van der Waals surface area contributed by atoms with Gasteiger partial charge in [-0.2, -0.15) is 0 Å². The van der Waals surface area contributed by atoms with Gasteiger partial charge in [-0.05, 0) is 69.6 Å². The fraction of sp³-hybridized carbons (Fsp3) is 0.657. The first-order valence-corrected chi connectivity index (χ1v) is 16.0. The van der Waals surface area contributed by atoms with Gasteiger partial charge in [0, 0.05) is 18.9 Å². The minimum Gasteiger partial charge on any atom is -0.493 e. The Kier molecular flexibility index (Phi) is 13.9. The Morgan fingerprint density at radius 3 is 2.33 bits per heavy atom. The summed E-state index contributed by atoms with van der Waals surface area (Å²) < 4.78 is 29.3. The molecular formula is C35H53NO7. The first-order chi connectivity index (χ1) is 20.7. The molecule has 8 nitrogen and oxygen atoms in total. The van der Waals surface area contributed by atoms with Crippen LogP contribution in [0.1, 0.15) is 90.0 Å². The first-order valence-electron chi connectivity index (χ1n) is 16.0. The molecule has 5 atom stereocenters. The molecule has 3 rings (SSSR count). The van der Waals surface area contributed by atoms with E-state index in [9.17, 15) is 9.59 Å². The van der Waals surface area contributed by atoms with E-state index >= 15 is 0 Å². The van der Waals surface area contributed by atoms with Gasteiger partial charge in [0.15, 0.2) is 11.5 Å². The Balaban J connectivity index is 1.97. The molecule has 1 aliphatic carbocycles. The van der Waals surface area contributed by atoms with Crippen molar-refractivity contribution < 1.29 is 33.3 Å². The quantitative estimate of drug-likeness (QED) is 0.117. The summed E-state index contributed by atoms with van der Waals surface area (Å²) in [5.41, 5.74) is 0.825. The van der Waals surface area contributed by atoms with Gasteiger partial charge in [0.25, 0.3) is 0 Å². The topological polar surface area (TPSA) is 83.5 Å². The number of carbonyl (C=O) groups excluding carboxylic acids is 2. The highest BCUT2D eigenvalue weighted by atomic mass is 16.5. The average Bonchev–Trinajstić information content (AvgIpc) is 3.02. The second-order valence-corrected chi connectivity index (χ2v) is 12.0. The SMILES string of the molecule is C=CCOCC[C@H](C)Oc1cc([C@@H](C(=O)N2CCCC[C@H]2C(=O)O[C@H](C)[C@H](C)C=C)C2CCCCC2)cc(OC)c1OC. The predicted molar refractivity (Wildman–Crippen MR) is 169 cm³/mol. The average molecular weight is 600 g/mol. The molecule has 1 saturated carbocycles. The number of methoxy groups -OCH3 is 2. The highest BCUT2D eigenvalue weighted by Crippen LogP contribution is 2.45. The van der Waals surface area contributed by atoms with Crippen LogP contribution >= 0.6 is 0 Å². The Bertz CT molecular complexity index is 1070. The van der Waals surface area contributed by atoms with Gasteiger partial charge < -0.3 is 28.6 Å². The van der Waals surface area contributed by atoms with E-state index in [-0.39, 0.29) is 35.9 Å². The number of esters is 1. The summed E-state index contributed by atoms with van der Waals surface area (Å²) in [5, 5.41) is 0. The van der Waals surface area contributed by atoms with Crippen LogP contribution in [0.4, 0.5) is 0 Å². The number of likely N-dealkylation sites (tertiary alicyclic amines) is 1. The van der Waals surface area contributed by atoms with Gasteiger partial charge in [0.1, 0.15) is 12.1 Å². The minimum atomic E-state index is -0.599. The van der Waals surface area contributed by atoms with Crippen LogP contribution in [0.3, 0.4) is 0 Å². The molecule has 0 spiro atoms. The number of carbonyl (C=O) groups is 2. The number of benzene rings is 1. The molecule has 2 fully saturated rings. The molecule has 2 aliphatic rings. The zero-order valence-corrected chi connectivity index (χ0v) is 27.0. The molecule has 8 heteroatoms. The fourth-order valence-electron chi connectivity index (χ4n) is 6.17. The number of amides is 1. The van der Waals surface area contributed by atoms with Gasteiger partial charge in [-0.3, -0.25) is 4.79 Å². The molecule has 240 valence electrons. The van der Waals surface area contributed by atoms with Crippen LogP contribution in [0.25, 0.3) is 0 Å². The molecule has 0 aromatic heterocycles. The van der Waals surface area contributed by atoms with Gasteiger partial charge in [-0.1, -0.05) is 38.3 Å². The maximum Gasteiger partial charge on any atom is 0.329 e. The third kappa shape index (κ3) is 9.24. The number of ether oxygens (including phenoxy) is 5. The molecular weight excluding hydrogens is 546 g/mol. The van der Waals surface area contributed by atoms with E-state index in [0.717, 1.165) is 44.1 Å². The summed E-state index contributed by atoms with van der Waals surface area (Å²) in [6, 6.07) is 3.24. The third-order valence-electron chi connectivity index (χ3n) is 8.92. The summed E-state index contributed by atoms with van der Waals surface area (Å²) in [7, 11) is 3.18. The summed E-state index contributed by atoms with van der Waals surface area (Å²) in [5.74, 6) is 0.908. The summed E-state index contributed by atoms with van der Waals surface area (Å²) in [6.45, 7) is 14.9. The van der Waals surface area contributed by atoms with Gasteiger partial charge in [-0.15, -0.1) is 13.2 Å². The number of piperidine rings is 1. The number of hydrogen-bond donors (Lipinski definition) is 0. The molecule has 1 aromatic rings. The molecule has 1 aliphatic heterocycles. The van der Waals surface area contributed by atoms with Crippen LogP contribution in [0.15, 0.2) is 37.4 Å². The van der Waals surface area contributed by atoms with E-state index in [0.29, 0.717) is 49.8 Å². The zero-order chi connectivity index (χ0) is 31.4. The lowest BCUT2D eigenvalue weighted by Crippen LogP contribution is -2.51. The Labute approximate surface area is 258 Å². The molecule has 0 bridgehead atoms. The van der Waals surface area contributed by atoms with Crippen molar-refractivity contribution in [3.8, 4) is 17.2 Å². The Morgan fingerprint density at radius 1 is 0.977 bits per heavy atom. The lowest BCUT2D eigenvalue weighted by Gasteiger charge is -2.40. The number of nitrogens with zero attached hydrogens (tertiary/aromatic N) is 1. The molecule has 0 unspecified atom stereocenters. The van der Waals surface area contributed by atoms with Gasteiger partial charge in [-0.25, -0.2) is 4.79 Å². The lowest BCUT2D eigenvalue weighted by molar-refractivity contribution is -0.163. The summed E-state index contributed by atoms with van der Waals surface area (Å²) in [6.07, 6.45) is 11.3. The summed E-state index contributed by atoms with van der Waals surface area (Å²) in [4.78, 5) is 29.9. The normalized spacial score (nSPS) is 20.3. The molecule has 43 heavy (non-hydrogen) atoms. The minimum absolute atomic E-state index is 0.0211. The second kappa shape index (κ2) is 17.3. The predicted octanol–water partition coefficient (Wildman–Crippen LogP) is 6.86. The van der Waals surface area contributed by atoms with Crippen LogP contribution in [0.5, 0.6) is 17.2 Å². The number of hydrogen-bond acceptors (Lipinski definition) is 7. The smallest absolute Gasteiger partial charge is 0.329 e. The highest BCUT2D eigenvalue weighted by molar-refractivity contribution is 5.89. The zero-order valence-electron chi connectivity index (χ0n) is 27.0. The molecule has 1 amide bonds. The maximum atomic E-state index is 14.6. The van der Waals surface area contributed by atoms with E-state index < -0.39 is 12.0 Å². The van der Waals surface area contributed by atoms with E-state index in [2.05, 4.69) is 13.2 Å². The second-order valence-electron chi connectivity index (χ2n) is 12.0. The molecule has 0 radical (unpaired) electrons. The first kappa shape index (κ1) is 34.5. The highest BCUT2D eigenvalue weighted by Gasteiger charge is 2.41. The lowest BCUT2D eigenvalue weighted by atomic mass is 9.75. The van der Waals surface area contributed by atoms with Crippen LogP contribution in [-0.4, -0.2) is 69.0 Å². The monoisotopic (exact) mass is 599 g/mol. The van der Waals surface area contributed by atoms with Gasteiger partial charge in [0.2, 0.25) is 11.7 Å². The van der Waals surface area contributed by atoms with Crippen LogP contribution in [-0.2, 0) is 19.1 Å². The fourth-order valence-corrected chi connectivity index (χ4v) is 6.17. The Morgan fingerprint density at radius 2 is 1.67 bits per heavy atom. The van der Waals surface area contributed by atoms with E-state index in [1.807, 2.05) is 32.9 Å². The standard InChI is InChI=1S/C35H53NO7/c1-8-20-41-21-18-25(4)42-31-23-28(22-30(39-6)33(31)40-7)32(27-15-11-10-12-16-27)34(37)36-19-14-13-17-29(36)35(38)43-26(5)24(3)9-2/h8-9,22-27,29,32H,1-2,10-21H2,3-7H3/t24-,25+,26-,29+,32+/m1/s1. The van der Waals surface area contributed by atoms with Crippen molar-refractivity contribution in [2.75, 3.05) is 34.0 Å². The van der Waals surface area contributed by atoms with Crippen LogP contribution in [0, 0.1) is 11.8 Å². The van der Waals surface area contributed by atoms with Crippen molar-refractivity contribution in [1.82, 2.24) is 4.90 Å².